The van der Waals surface area contributed by atoms with Gasteiger partial charge in [-0.05, 0) is 48.5 Å². The molecule has 3 rings (SSSR count). The van der Waals surface area contributed by atoms with Gasteiger partial charge in [-0.3, -0.25) is 0 Å². The van der Waals surface area contributed by atoms with Gasteiger partial charge in [0, 0.05) is 11.6 Å². The molecule has 0 atom stereocenters. The van der Waals surface area contributed by atoms with Gasteiger partial charge in [-0.2, -0.15) is 0 Å². The van der Waals surface area contributed by atoms with Gasteiger partial charge in [-0.25, -0.2) is 9.48 Å². The molecule has 8 nitrogen and oxygen atoms in total. The van der Waals surface area contributed by atoms with Crippen LogP contribution in [0.4, 0.5) is 4.79 Å². The van der Waals surface area contributed by atoms with Crippen LogP contribution >= 0.6 is 0 Å². The van der Waals surface area contributed by atoms with Gasteiger partial charge in [0.15, 0.2) is 0 Å². The van der Waals surface area contributed by atoms with Crippen molar-refractivity contribution >= 4 is 6.09 Å². The number of hydrogen-bond donors (Lipinski definition) is 2. The summed E-state index contributed by atoms with van der Waals surface area (Å²) in [5.41, 5.74) is 2.67. The van der Waals surface area contributed by atoms with Crippen LogP contribution in [0.3, 0.4) is 0 Å². The molecule has 3 aromatic rings. The first-order valence-corrected chi connectivity index (χ1v) is 8.59. The second kappa shape index (κ2) is 8.81. The molecule has 1 heterocycles. The number of nitrogens with zero attached hydrogens (tertiary/aromatic N) is 2. The Balaban J connectivity index is 1.80. The van der Waals surface area contributed by atoms with Crippen LogP contribution in [-0.4, -0.2) is 48.4 Å². The van der Waals surface area contributed by atoms with E-state index < -0.39 is 6.09 Å². The summed E-state index contributed by atoms with van der Waals surface area (Å²) in [4.78, 5) is 10.4. The van der Waals surface area contributed by atoms with E-state index in [9.17, 15) is 4.79 Å². The molecule has 0 bridgehead atoms. The van der Waals surface area contributed by atoms with Crippen LogP contribution < -0.4 is 19.5 Å². The third-order valence-electron chi connectivity index (χ3n) is 4.01. The Morgan fingerprint density at radius 1 is 1.04 bits per heavy atom. The topological polar surface area (TPSA) is 94.8 Å². The van der Waals surface area contributed by atoms with Gasteiger partial charge < -0.3 is 24.6 Å². The van der Waals surface area contributed by atoms with Crippen molar-refractivity contribution in [3.8, 4) is 34.3 Å². The number of hydrogen-bond acceptors (Lipinski definition) is 5. The lowest BCUT2D eigenvalue weighted by Gasteiger charge is -2.10. The molecule has 0 saturated carbocycles. The highest BCUT2D eigenvalue weighted by molar-refractivity contribution is 5.65. The lowest BCUT2D eigenvalue weighted by atomic mass is 10.1. The van der Waals surface area contributed by atoms with Gasteiger partial charge in [0.25, 0.3) is 0 Å². The first-order chi connectivity index (χ1) is 13.6. The number of carbonyl (C=O) groups is 1. The number of amides is 1. The molecule has 0 aliphatic rings. The summed E-state index contributed by atoms with van der Waals surface area (Å²) in [6.07, 6.45) is -1.07. The van der Waals surface area contributed by atoms with E-state index in [0.717, 1.165) is 22.7 Å². The molecule has 0 saturated heterocycles. The zero-order valence-corrected chi connectivity index (χ0v) is 15.6. The Bertz CT molecular complexity index is 920. The lowest BCUT2D eigenvalue weighted by Crippen LogP contribution is -2.26. The van der Waals surface area contributed by atoms with Crippen molar-refractivity contribution in [1.82, 2.24) is 15.1 Å². The van der Waals surface area contributed by atoms with Gasteiger partial charge in [-0.15, -0.1) is 5.10 Å². The molecule has 2 N–H and O–H groups in total. The predicted octanol–water partition coefficient (Wildman–Crippen LogP) is 3.20. The maximum Gasteiger partial charge on any atom is 0.404 e. The smallest absolute Gasteiger partial charge is 0.404 e. The van der Waals surface area contributed by atoms with Crippen molar-refractivity contribution in [2.24, 2.45) is 0 Å². The van der Waals surface area contributed by atoms with E-state index >= 15 is 0 Å². The van der Waals surface area contributed by atoms with Crippen molar-refractivity contribution in [3.63, 3.8) is 0 Å². The molecule has 1 aromatic heterocycles. The summed E-state index contributed by atoms with van der Waals surface area (Å²) in [6, 6.07) is 16.9. The highest BCUT2D eigenvalue weighted by atomic mass is 16.5. The molecule has 28 heavy (non-hydrogen) atoms. The molecule has 0 aliphatic carbocycles. The van der Waals surface area contributed by atoms with Crippen LogP contribution in [0, 0.1) is 0 Å². The highest BCUT2D eigenvalue weighted by Crippen LogP contribution is 2.29. The number of benzene rings is 2. The highest BCUT2D eigenvalue weighted by Gasteiger charge is 2.12. The van der Waals surface area contributed by atoms with Gasteiger partial charge in [0.1, 0.15) is 18.1 Å². The predicted molar refractivity (Wildman–Crippen MR) is 104 cm³/mol. The largest absolute Gasteiger partial charge is 0.497 e. The monoisotopic (exact) mass is 383 g/mol. The number of carboxylic acid groups (broad SMARTS) is 1. The first-order valence-electron chi connectivity index (χ1n) is 8.59. The lowest BCUT2D eigenvalue weighted by molar-refractivity contribution is 0.191. The summed E-state index contributed by atoms with van der Waals surface area (Å²) in [5.74, 6) is 1.92. The van der Waals surface area contributed by atoms with Crippen molar-refractivity contribution in [2.45, 2.75) is 0 Å². The van der Waals surface area contributed by atoms with Crippen molar-refractivity contribution in [3.05, 3.63) is 54.6 Å². The van der Waals surface area contributed by atoms with Crippen LogP contribution in [0.1, 0.15) is 0 Å². The number of methoxy groups -OCH3 is 2. The average molecular weight is 383 g/mol. The van der Waals surface area contributed by atoms with Crippen LogP contribution in [-0.2, 0) is 0 Å². The molecule has 0 fully saturated rings. The van der Waals surface area contributed by atoms with E-state index in [1.165, 1.54) is 0 Å². The Kier molecular flexibility index (Phi) is 6.01. The normalized spacial score (nSPS) is 10.4. The van der Waals surface area contributed by atoms with Gasteiger partial charge in [0.05, 0.1) is 32.1 Å². The second-order valence-electron chi connectivity index (χ2n) is 5.79. The van der Waals surface area contributed by atoms with E-state index in [4.69, 9.17) is 19.3 Å². The quantitative estimate of drug-likeness (QED) is 0.580. The number of nitrogens with one attached hydrogen (secondary N) is 1. The van der Waals surface area contributed by atoms with E-state index in [-0.39, 0.29) is 13.2 Å². The summed E-state index contributed by atoms with van der Waals surface area (Å²) in [7, 11) is 3.20. The average Bonchev–Trinajstić information content (AvgIpc) is 3.16. The van der Waals surface area contributed by atoms with E-state index in [1.54, 1.807) is 18.9 Å². The molecular formula is C20H21N3O5. The minimum Gasteiger partial charge on any atom is -0.497 e. The Morgan fingerprint density at radius 3 is 2.32 bits per heavy atom. The molecular weight excluding hydrogens is 362 g/mol. The number of ether oxygens (including phenoxy) is 3. The summed E-state index contributed by atoms with van der Waals surface area (Å²) in [6.45, 7) is 0.474. The Labute approximate surface area is 162 Å². The molecule has 0 aliphatic heterocycles. The minimum atomic E-state index is -1.07. The second-order valence-corrected chi connectivity index (χ2v) is 5.79. The third kappa shape index (κ3) is 4.53. The zero-order chi connectivity index (χ0) is 19.9. The Hall–Kier alpha value is -3.68. The van der Waals surface area contributed by atoms with Crippen LogP contribution in [0.25, 0.3) is 16.9 Å². The fraction of sp³-hybridized carbons (Fsp3) is 0.200. The van der Waals surface area contributed by atoms with Crippen molar-refractivity contribution in [1.29, 1.82) is 0 Å². The summed E-state index contributed by atoms with van der Waals surface area (Å²) < 4.78 is 17.8. The van der Waals surface area contributed by atoms with Gasteiger partial charge in [0.2, 0.25) is 5.88 Å². The van der Waals surface area contributed by atoms with Crippen LogP contribution in [0.5, 0.6) is 17.4 Å². The fourth-order valence-corrected chi connectivity index (χ4v) is 2.63. The molecule has 146 valence electrons. The minimum absolute atomic E-state index is 0.221. The van der Waals surface area contributed by atoms with Crippen LogP contribution in [0.15, 0.2) is 54.6 Å². The van der Waals surface area contributed by atoms with Gasteiger partial charge in [-0.1, -0.05) is 0 Å². The molecule has 0 unspecified atom stereocenters. The third-order valence-corrected chi connectivity index (χ3v) is 4.01. The van der Waals surface area contributed by atoms with Gasteiger partial charge >= 0.3 is 6.09 Å². The molecule has 0 radical (unpaired) electrons. The van der Waals surface area contributed by atoms with E-state index in [1.807, 2.05) is 54.6 Å². The molecule has 8 heteroatoms. The van der Waals surface area contributed by atoms with E-state index in [0.29, 0.717) is 11.6 Å². The number of rotatable bonds is 8. The number of aromatic nitrogens is 2. The summed E-state index contributed by atoms with van der Waals surface area (Å²) >= 11 is 0. The van der Waals surface area contributed by atoms with Crippen molar-refractivity contribution in [2.75, 3.05) is 27.4 Å². The summed E-state index contributed by atoms with van der Waals surface area (Å²) in [5, 5.41) is 15.3. The maximum atomic E-state index is 10.4. The Morgan fingerprint density at radius 2 is 1.71 bits per heavy atom. The van der Waals surface area contributed by atoms with E-state index in [2.05, 4.69) is 10.4 Å². The standard InChI is InChI=1S/C20H21N3O5/c1-26-16-9-5-15(6-10-16)23-18(13-19(22-23)27-2)14-3-7-17(8-4-14)28-12-11-21-20(24)25/h3-10,13,21H,11-12H2,1-2H3,(H,24,25). The van der Waals surface area contributed by atoms with Crippen LogP contribution in [0.2, 0.25) is 0 Å². The zero-order valence-electron chi connectivity index (χ0n) is 15.6. The SMILES string of the molecule is COc1ccc(-n2nc(OC)cc2-c2ccc(OCCNC(=O)O)cc2)cc1. The maximum absolute atomic E-state index is 10.4. The molecule has 0 spiro atoms. The first kappa shape index (κ1) is 19.1. The van der Waals surface area contributed by atoms with Crippen molar-refractivity contribution < 1.29 is 24.1 Å². The fourth-order valence-electron chi connectivity index (χ4n) is 2.63. The molecule has 1 amide bonds. The molecule has 2 aromatic carbocycles.